The second kappa shape index (κ2) is 5.80. The Morgan fingerprint density at radius 3 is 2.83 bits per heavy atom. The number of aromatic nitrogens is 4. The standard InChI is InChI=1S/C14H16F3N5O/c15-14(16,17)12-8-11(2-4-18-12)21-6-1-3-13(23,9-21)10-22-7-5-19-20-22/h2,4-5,7-8,23H,1,3,6,9-10H2. The van der Waals surface area contributed by atoms with Crippen LogP contribution < -0.4 is 4.90 Å². The van der Waals surface area contributed by atoms with Crippen molar-refractivity contribution in [2.45, 2.75) is 31.2 Å². The van der Waals surface area contributed by atoms with E-state index in [0.29, 0.717) is 25.1 Å². The van der Waals surface area contributed by atoms with E-state index in [0.717, 1.165) is 12.3 Å². The van der Waals surface area contributed by atoms with Gasteiger partial charge in [0.1, 0.15) is 11.3 Å². The predicted molar refractivity (Wildman–Crippen MR) is 75.7 cm³/mol. The number of pyridine rings is 1. The van der Waals surface area contributed by atoms with E-state index < -0.39 is 17.5 Å². The van der Waals surface area contributed by atoms with Gasteiger partial charge in [0.2, 0.25) is 0 Å². The number of β-amino-alcohol motifs (C(OH)–C–C–N with tert-alkyl or cyclic N) is 1. The molecule has 0 bridgehead atoms. The second-order valence-corrected chi connectivity index (χ2v) is 5.75. The molecule has 1 fully saturated rings. The molecule has 23 heavy (non-hydrogen) atoms. The molecule has 1 atom stereocenters. The molecule has 0 radical (unpaired) electrons. The lowest BCUT2D eigenvalue weighted by atomic mass is 9.92. The lowest BCUT2D eigenvalue weighted by molar-refractivity contribution is -0.141. The Labute approximate surface area is 130 Å². The van der Waals surface area contributed by atoms with Gasteiger partial charge >= 0.3 is 6.18 Å². The van der Waals surface area contributed by atoms with E-state index in [9.17, 15) is 18.3 Å². The highest BCUT2D eigenvalue weighted by atomic mass is 19.4. The molecule has 1 saturated heterocycles. The van der Waals surface area contributed by atoms with Gasteiger partial charge in [-0.05, 0) is 25.0 Å². The normalized spacial score (nSPS) is 22.3. The largest absolute Gasteiger partial charge is 0.433 e. The van der Waals surface area contributed by atoms with Crippen LogP contribution in [0.1, 0.15) is 18.5 Å². The van der Waals surface area contributed by atoms with Crippen LogP contribution >= 0.6 is 0 Å². The zero-order chi connectivity index (χ0) is 16.5. The topological polar surface area (TPSA) is 67.1 Å². The van der Waals surface area contributed by atoms with Gasteiger partial charge in [-0.3, -0.25) is 4.98 Å². The Kier molecular flexibility index (Phi) is 3.97. The summed E-state index contributed by atoms with van der Waals surface area (Å²) in [5, 5.41) is 18.3. The maximum atomic E-state index is 12.8. The van der Waals surface area contributed by atoms with E-state index >= 15 is 0 Å². The van der Waals surface area contributed by atoms with Gasteiger partial charge in [-0.2, -0.15) is 13.2 Å². The molecule has 2 aromatic rings. The zero-order valence-corrected chi connectivity index (χ0v) is 12.2. The van der Waals surface area contributed by atoms with Gasteiger partial charge in [0.25, 0.3) is 0 Å². The maximum Gasteiger partial charge on any atom is 0.433 e. The fourth-order valence-corrected chi connectivity index (χ4v) is 2.85. The van der Waals surface area contributed by atoms with Gasteiger partial charge in [-0.25, -0.2) is 4.68 Å². The van der Waals surface area contributed by atoms with Crippen LogP contribution in [0.2, 0.25) is 0 Å². The van der Waals surface area contributed by atoms with Crippen molar-refractivity contribution in [3.05, 3.63) is 36.4 Å². The Bertz CT molecular complexity index is 661. The van der Waals surface area contributed by atoms with E-state index in [1.165, 1.54) is 16.9 Å². The molecular formula is C14H16F3N5O. The van der Waals surface area contributed by atoms with Crippen molar-refractivity contribution in [2.75, 3.05) is 18.0 Å². The van der Waals surface area contributed by atoms with Crippen molar-refractivity contribution >= 4 is 5.69 Å². The molecule has 1 aliphatic heterocycles. The van der Waals surface area contributed by atoms with Crippen LogP contribution in [0, 0.1) is 0 Å². The average molecular weight is 327 g/mol. The molecule has 2 aromatic heterocycles. The summed E-state index contributed by atoms with van der Waals surface area (Å²) in [6.45, 7) is 1.07. The minimum Gasteiger partial charge on any atom is -0.386 e. The van der Waals surface area contributed by atoms with E-state index in [2.05, 4.69) is 15.3 Å². The van der Waals surface area contributed by atoms with Crippen molar-refractivity contribution in [1.29, 1.82) is 0 Å². The molecule has 1 N–H and O–H groups in total. The van der Waals surface area contributed by atoms with Crippen molar-refractivity contribution in [1.82, 2.24) is 20.0 Å². The SMILES string of the molecule is OC1(Cn2ccnn2)CCCN(c2ccnc(C(F)(F)F)c2)C1. The number of anilines is 1. The molecule has 1 aliphatic rings. The monoisotopic (exact) mass is 327 g/mol. The molecular weight excluding hydrogens is 311 g/mol. The van der Waals surface area contributed by atoms with Gasteiger partial charge in [0.05, 0.1) is 12.7 Å². The minimum atomic E-state index is -4.48. The van der Waals surface area contributed by atoms with Crippen LogP contribution in [-0.4, -0.2) is 43.8 Å². The summed E-state index contributed by atoms with van der Waals surface area (Å²) >= 11 is 0. The first-order valence-corrected chi connectivity index (χ1v) is 7.20. The average Bonchev–Trinajstić information content (AvgIpc) is 2.99. The van der Waals surface area contributed by atoms with Crippen LogP contribution in [0.4, 0.5) is 18.9 Å². The minimum absolute atomic E-state index is 0.230. The van der Waals surface area contributed by atoms with Crippen LogP contribution in [-0.2, 0) is 12.7 Å². The summed E-state index contributed by atoms with van der Waals surface area (Å²) in [5.41, 5.74) is -1.59. The first-order valence-electron chi connectivity index (χ1n) is 7.20. The Hall–Kier alpha value is -2.16. The smallest absolute Gasteiger partial charge is 0.386 e. The number of hydrogen-bond donors (Lipinski definition) is 1. The van der Waals surface area contributed by atoms with Crippen LogP contribution in [0.15, 0.2) is 30.7 Å². The summed E-state index contributed by atoms with van der Waals surface area (Å²) in [6, 6.07) is 2.54. The quantitative estimate of drug-likeness (QED) is 0.930. The van der Waals surface area contributed by atoms with Gasteiger partial charge in [-0.1, -0.05) is 5.21 Å². The number of nitrogens with zero attached hydrogens (tertiary/aromatic N) is 5. The molecule has 3 rings (SSSR count). The highest BCUT2D eigenvalue weighted by Crippen LogP contribution is 2.32. The highest BCUT2D eigenvalue weighted by molar-refractivity contribution is 5.48. The van der Waals surface area contributed by atoms with Crippen molar-refractivity contribution < 1.29 is 18.3 Å². The lowest BCUT2D eigenvalue weighted by Gasteiger charge is -2.40. The Morgan fingerprint density at radius 1 is 1.30 bits per heavy atom. The fraction of sp³-hybridized carbons (Fsp3) is 0.500. The molecule has 0 spiro atoms. The van der Waals surface area contributed by atoms with Gasteiger partial charge in [0, 0.05) is 31.2 Å². The number of halogens is 3. The third kappa shape index (κ3) is 3.61. The van der Waals surface area contributed by atoms with Crippen molar-refractivity contribution in [3.63, 3.8) is 0 Å². The molecule has 0 aromatic carbocycles. The lowest BCUT2D eigenvalue weighted by Crippen LogP contribution is -2.50. The Morgan fingerprint density at radius 2 is 2.13 bits per heavy atom. The summed E-state index contributed by atoms with van der Waals surface area (Å²) in [5.74, 6) is 0. The third-order valence-electron chi connectivity index (χ3n) is 3.88. The predicted octanol–water partition coefficient (Wildman–Crippen LogP) is 1.72. The van der Waals surface area contributed by atoms with E-state index in [4.69, 9.17) is 0 Å². The maximum absolute atomic E-state index is 12.8. The number of alkyl halides is 3. The number of piperidine rings is 1. The summed E-state index contributed by atoms with van der Waals surface area (Å²) in [7, 11) is 0. The molecule has 3 heterocycles. The molecule has 1 unspecified atom stereocenters. The van der Waals surface area contributed by atoms with E-state index in [1.54, 1.807) is 11.1 Å². The molecule has 0 saturated carbocycles. The second-order valence-electron chi connectivity index (χ2n) is 5.75. The van der Waals surface area contributed by atoms with Gasteiger partial charge in [-0.15, -0.1) is 5.10 Å². The van der Waals surface area contributed by atoms with E-state index in [1.807, 2.05) is 0 Å². The summed E-state index contributed by atoms with van der Waals surface area (Å²) in [4.78, 5) is 5.11. The highest BCUT2D eigenvalue weighted by Gasteiger charge is 2.36. The molecule has 6 nitrogen and oxygen atoms in total. The first-order chi connectivity index (χ1) is 10.9. The molecule has 0 aliphatic carbocycles. The number of rotatable bonds is 3. The van der Waals surface area contributed by atoms with Crippen molar-refractivity contribution in [3.8, 4) is 0 Å². The number of aliphatic hydroxyl groups is 1. The molecule has 0 amide bonds. The molecule has 9 heteroatoms. The number of hydrogen-bond acceptors (Lipinski definition) is 5. The third-order valence-corrected chi connectivity index (χ3v) is 3.88. The zero-order valence-electron chi connectivity index (χ0n) is 12.2. The van der Waals surface area contributed by atoms with Crippen LogP contribution in [0.5, 0.6) is 0 Å². The van der Waals surface area contributed by atoms with Crippen LogP contribution in [0.3, 0.4) is 0 Å². The summed E-state index contributed by atoms with van der Waals surface area (Å²) in [6.07, 6.45) is 1.05. The van der Waals surface area contributed by atoms with Crippen LogP contribution in [0.25, 0.3) is 0 Å². The van der Waals surface area contributed by atoms with Gasteiger partial charge < -0.3 is 10.0 Å². The van der Waals surface area contributed by atoms with E-state index in [-0.39, 0.29) is 13.1 Å². The van der Waals surface area contributed by atoms with Crippen molar-refractivity contribution in [2.24, 2.45) is 0 Å². The fourth-order valence-electron chi connectivity index (χ4n) is 2.85. The Balaban J connectivity index is 1.78. The molecule has 124 valence electrons. The summed E-state index contributed by atoms with van der Waals surface area (Å²) < 4.78 is 39.9. The van der Waals surface area contributed by atoms with Gasteiger partial charge in [0.15, 0.2) is 0 Å². The first kappa shape index (κ1) is 15.7.